The quantitative estimate of drug-likeness (QED) is 0.258. The molecular weight excluding hydrogens is 436 g/mol. The summed E-state index contributed by atoms with van der Waals surface area (Å²) in [5.74, 6) is 0.729. The summed E-state index contributed by atoms with van der Waals surface area (Å²) in [5, 5.41) is 0. The molecule has 2 nitrogen and oxygen atoms in total. The first kappa shape index (κ1) is 23.4. The molecule has 0 aliphatic carbocycles. The van der Waals surface area contributed by atoms with E-state index in [0.29, 0.717) is 0 Å². The lowest BCUT2D eigenvalue weighted by molar-refractivity contribution is 0.590. The van der Waals surface area contributed by atoms with Gasteiger partial charge in [-0.3, -0.25) is 0 Å². The van der Waals surface area contributed by atoms with Gasteiger partial charge in [0.05, 0.1) is 11.4 Å². The topological polar surface area (TPSA) is 25.8 Å². The van der Waals surface area contributed by atoms with Crippen molar-refractivity contribution in [3.05, 3.63) is 127 Å². The normalized spacial score (nSPS) is 11.3. The number of rotatable bonds is 5. The highest BCUT2D eigenvalue weighted by molar-refractivity contribution is 5.74. The number of hydrogen-bond donors (Lipinski definition) is 0. The molecule has 0 aliphatic heterocycles. The van der Waals surface area contributed by atoms with Crippen molar-refractivity contribution in [2.24, 2.45) is 0 Å². The molecule has 36 heavy (non-hydrogen) atoms. The van der Waals surface area contributed by atoms with Crippen molar-refractivity contribution in [2.75, 3.05) is 0 Å². The standard InChI is InChI=1S/C34H30N2/c1-5-24-11-13-25(14-12-24)26-15-17-27(18-16-26)31-23-32(28-19-21-30(22-20-28)34(2,3)4)36-33(35-31)29-9-7-6-8-10-29/h5-23H,1H2,2-4H3. The number of aromatic nitrogens is 2. The molecule has 5 aromatic rings. The van der Waals surface area contributed by atoms with E-state index in [2.05, 4.69) is 118 Å². The molecule has 0 unspecified atom stereocenters. The SMILES string of the molecule is C=Cc1ccc(-c2ccc(-c3cc(-c4ccc(C(C)(C)C)cc4)nc(-c4ccccc4)n3)cc2)cc1. The van der Waals surface area contributed by atoms with Crippen LogP contribution in [0, 0.1) is 0 Å². The van der Waals surface area contributed by atoms with Gasteiger partial charge in [-0.25, -0.2) is 9.97 Å². The number of nitrogens with zero attached hydrogens (tertiary/aromatic N) is 2. The lowest BCUT2D eigenvalue weighted by Crippen LogP contribution is -2.10. The van der Waals surface area contributed by atoms with Crippen LogP contribution < -0.4 is 0 Å². The molecule has 0 N–H and O–H groups in total. The zero-order valence-electron chi connectivity index (χ0n) is 21.1. The van der Waals surface area contributed by atoms with Crippen molar-refractivity contribution in [1.82, 2.24) is 9.97 Å². The van der Waals surface area contributed by atoms with Crippen LogP contribution in [0.2, 0.25) is 0 Å². The fraction of sp³-hybridized carbons (Fsp3) is 0.118. The van der Waals surface area contributed by atoms with Crippen LogP contribution in [0.5, 0.6) is 0 Å². The van der Waals surface area contributed by atoms with E-state index < -0.39 is 0 Å². The van der Waals surface area contributed by atoms with E-state index in [1.807, 2.05) is 24.3 Å². The number of hydrogen-bond acceptors (Lipinski definition) is 2. The average Bonchev–Trinajstić information content (AvgIpc) is 2.93. The molecule has 0 amide bonds. The molecule has 0 saturated heterocycles. The first-order valence-electron chi connectivity index (χ1n) is 12.3. The van der Waals surface area contributed by atoms with Crippen molar-refractivity contribution < 1.29 is 0 Å². The van der Waals surface area contributed by atoms with E-state index in [1.165, 1.54) is 16.7 Å². The van der Waals surface area contributed by atoms with Crippen LogP contribution in [0.15, 0.2) is 116 Å². The van der Waals surface area contributed by atoms with Crippen LogP contribution in [0.3, 0.4) is 0 Å². The third-order valence-corrected chi connectivity index (χ3v) is 6.47. The van der Waals surface area contributed by atoms with Crippen molar-refractivity contribution in [2.45, 2.75) is 26.2 Å². The van der Waals surface area contributed by atoms with E-state index in [0.717, 1.165) is 39.5 Å². The van der Waals surface area contributed by atoms with Crippen LogP contribution >= 0.6 is 0 Å². The van der Waals surface area contributed by atoms with Gasteiger partial charge >= 0.3 is 0 Å². The first-order chi connectivity index (χ1) is 17.4. The minimum absolute atomic E-state index is 0.109. The van der Waals surface area contributed by atoms with E-state index >= 15 is 0 Å². The van der Waals surface area contributed by atoms with Crippen LogP contribution in [0.25, 0.3) is 51.1 Å². The average molecular weight is 467 g/mol. The minimum atomic E-state index is 0.109. The highest BCUT2D eigenvalue weighted by atomic mass is 14.9. The molecule has 0 spiro atoms. The summed E-state index contributed by atoms with van der Waals surface area (Å²) in [6.45, 7) is 10.5. The van der Waals surface area contributed by atoms with Crippen LogP contribution in [-0.4, -0.2) is 9.97 Å². The molecule has 1 heterocycles. The summed E-state index contributed by atoms with van der Waals surface area (Å²) in [4.78, 5) is 9.91. The highest BCUT2D eigenvalue weighted by Gasteiger charge is 2.15. The summed E-state index contributed by atoms with van der Waals surface area (Å²) in [6, 6.07) is 38.0. The maximum absolute atomic E-state index is 4.96. The maximum Gasteiger partial charge on any atom is 0.160 e. The van der Waals surface area contributed by atoms with Gasteiger partial charge in [0.1, 0.15) is 0 Å². The zero-order valence-corrected chi connectivity index (χ0v) is 21.1. The minimum Gasteiger partial charge on any atom is -0.228 e. The van der Waals surface area contributed by atoms with Crippen LogP contribution in [-0.2, 0) is 5.41 Å². The maximum atomic E-state index is 4.96. The van der Waals surface area contributed by atoms with Crippen molar-refractivity contribution >= 4 is 6.08 Å². The Hall–Kier alpha value is -4.30. The predicted octanol–water partition coefficient (Wildman–Crippen LogP) is 9.09. The van der Waals surface area contributed by atoms with Gasteiger partial charge < -0.3 is 0 Å². The third-order valence-electron chi connectivity index (χ3n) is 6.47. The molecule has 0 bridgehead atoms. The Bertz CT molecular complexity index is 1470. The molecule has 0 atom stereocenters. The molecule has 0 radical (unpaired) electrons. The molecule has 0 fully saturated rings. The Kier molecular flexibility index (Phi) is 6.35. The molecule has 5 rings (SSSR count). The van der Waals surface area contributed by atoms with Crippen molar-refractivity contribution in [1.29, 1.82) is 0 Å². The molecule has 1 aromatic heterocycles. The highest BCUT2D eigenvalue weighted by Crippen LogP contribution is 2.31. The Balaban J connectivity index is 1.55. The van der Waals surface area contributed by atoms with Crippen molar-refractivity contribution in [3.63, 3.8) is 0 Å². The lowest BCUT2D eigenvalue weighted by Gasteiger charge is -2.19. The number of benzene rings is 4. The summed E-state index contributed by atoms with van der Waals surface area (Å²) < 4.78 is 0. The summed E-state index contributed by atoms with van der Waals surface area (Å²) in [6.07, 6.45) is 1.86. The van der Waals surface area contributed by atoms with Gasteiger partial charge in [0.2, 0.25) is 0 Å². The Morgan fingerprint density at radius 1 is 0.556 bits per heavy atom. The second kappa shape index (κ2) is 9.75. The summed E-state index contributed by atoms with van der Waals surface area (Å²) in [5.41, 5.74) is 9.87. The van der Waals surface area contributed by atoms with Gasteiger partial charge in [-0.05, 0) is 33.7 Å². The van der Waals surface area contributed by atoms with Gasteiger partial charge in [-0.15, -0.1) is 0 Å². The Morgan fingerprint density at radius 2 is 1.03 bits per heavy atom. The van der Waals surface area contributed by atoms with Crippen LogP contribution in [0.1, 0.15) is 31.9 Å². The monoisotopic (exact) mass is 466 g/mol. The van der Waals surface area contributed by atoms with Gasteiger partial charge in [0.15, 0.2) is 5.82 Å². The van der Waals surface area contributed by atoms with Gasteiger partial charge in [-0.1, -0.05) is 137 Å². The van der Waals surface area contributed by atoms with Gasteiger partial charge in [0, 0.05) is 16.7 Å². The molecule has 0 saturated carbocycles. The third kappa shape index (κ3) is 5.04. The van der Waals surface area contributed by atoms with E-state index in [4.69, 9.17) is 9.97 Å². The Labute approximate surface area is 214 Å². The zero-order chi connectivity index (χ0) is 25.1. The molecule has 0 aliphatic rings. The molecule has 4 aromatic carbocycles. The second-order valence-corrected chi connectivity index (χ2v) is 10.1. The Morgan fingerprint density at radius 3 is 1.53 bits per heavy atom. The second-order valence-electron chi connectivity index (χ2n) is 10.1. The van der Waals surface area contributed by atoms with E-state index in [-0.39, 0.29) is 5.41 Å². The summed E-state index contributed by atoms with van der Waals surface area (Å²) in [7, 11) is 0. The van der Waals surface area contributed by atoms with E-state index in [1.54, 1.807) is 0 Å². The van der Waals surface area contributed by atoms with Crippen LogP contribution in [0.4, 0.5) is 0 Å². The summed E-state index contributed by atoms with van der Waals surface area (Å²) >= 11 is 0. The van der Waals surface area contributed by atoms with Gasteiger partial charge in [0.25, 0.3) is 0 Å². The van der Waals surface area contributed by atoms with Crippen molar-refractivity contribution in [3.8, 4) is 45.0 Å². The fourth-order valence-corrected chi connectivity index (χ4v) is 4.25. The lowest BCUT2D eigenvalue weighted by atomic mass is 9.86. The predicted molar refractivity (Wildman–Crippen MR) is 153 cm³/mol. The largest absolute Gasteiger partial charge is 0.228 e. The smallest absolute Gasteiger partial charge is 0.160 e. The van der Waals surface area contributed by atoms with E-state index in [9.17, 15) is 0 Å². The van der Waals surface area contributed by atoms with Gasteiger partial charge in [-0.2, -0.15) is 0 Å². The molecule has 176 valence electrons. The fourth-order valence-electron chi connectivity index (χ4n) is 4.25. The molecule has 2 heteroatoms. The first-order valence-corrected chi connectivity index (χ1v) is 12.3. The molecular formula is C34H30N2.